The van der Waals surface area contributed by atoms with Crippen LogP contribution in [0.5, 0.6) is 0 Å². The lowest BCUT2D eigenvalue weighted by Crippen LogP contribution is -2.27. The van der Waals surface area contributed by atoms with Gasteiger partial charge >= 0.3 is 5.69 Å². The molecule has 0 amide bonds. The highest BCUT2D eigenvalue weighted by molar-refractivity contribution is 6.30. The molecule has 9 heteroatoms. The molecule has 0 unspecified atom stereocenters. The van der Waals surface area contributed by atoms with Gasteiger partial charge in [0, 0.05) is 17.3 Å². The molecule has 0 fully saturated rings. The van der Waals surface area contributed by atoms with Crippen molar-refractivity contribution in [2.75, 3.05) is 23.3 Å². The van der Waals surface area contributed by atoms with E-state index in [1.165, 1.54) is 0 Å². The zero-order valence-electron chi connectivity index (χ0n) is 13.6. The van der Waals surface area contributed by atoms with Gasteiger partial charge in [0.25, 0.3) is 0 Å². The molecule has 0 radical (unpaired) electrons. The van der Waals surface area contributed by atoms with Crippen LogP contribution >= 0.6 is 11.6 Å². The topological polar surface area (TPSA) is 108 Å². The zero-order chi connectivity index (χ0) is 18.2. The molecule has 0 bridgehead atoms. The number of nitrogens with one attached hydrogen (secondary N) is 1. The van der Waals surface area contributed by atoms with Gasteiger partial charge < -0.3 is 10.2 Å². The van der Waals surface area contributed by atoms with E-state index in [2.05, 4.69) is 15.3 Å². The second-order valence-corrected chi connectivity index (χ2v) is 5.66. The zero-order valence-corrected chi connectivity index (χ0v) is 14.4. The number of aromatic nitrogens is 2. The summed E-state index contributed by atoms with van der Waals surface area (Å²) in [5.41, 5.74) is 0.470. The number of halogens is 1. The Morgan fingerprint density at radius 2 is 2.12 bits per heavy atom. The minimum Gasteiger partial charge on any atom is -0.337 e. The van der Waals surface area contributed by atoms with Crippen molar-refractivity contribution in [3.05, 3.63) is 45.6 Å². The number of anilines is 3. The molecule has 130 valence electrons. The molecule has 2 rings (SSSR count). The molecule has 8 nitrogen and oxygen atoms in total. The van der Waals surface area contributed by atoms with Crippen LogP contribution in [0.2, 0.25) is 5.02 Å². The molecular formula is C16H17ClN6O2. The van der Waals surface area contributed by atoms with Crippen molar-refractivity contribution in [2.45, 2.75) is 19.8 Å². The molecule has 1 aromatic heterocycles. The van der Waals surface area contributed by atoms with E-state index in [0.717, 1.165) is 19.0 Å². The molecule has 0 spiro atoms. The lowest BCUT2D eigenvalue weighted by Gasteiger charge is -2.20. The van der Waals surface area contributed by atoms with Crippen LogP contribution in [0.1, 0.15) is 19.8 Å². The van der Waals surface area contributed by atoms with Crippen LogP contribution in [0.4, 0.5) is 23.1 Å². The quantitative estimate of drug-likeness (QED) is 0.431. The van der Waals surface area contributed by atoms with Crippen LogP contribution in [-0.2, 0) is 0 Å². The average Bonchev–Trinajstić information content (AvgIpc) is 2.60. The standard InChI is InChI=1S/C16H17ClN6O2/c1-2-3-9-22(10-8-18)15-14(23(24)25)11-19-16(21-15)20-13-6-4-12(17)5-7-13/h4-7,11H,2-3,9-10H2,1H3,(H,19,20,21). The molecular weight excluding hydrogens is 344 g/mol. The Morgan fingerprint density at radius 1 is 1.40 bits per heavy atom. The molecule has 0 aliphatic heterocycles. The van der Waals surface area contributed by atoms with Crippen molar-refractivity contribution < 1.29 is 4.92 Å². The van der Waals surface area contributed by atoms with Gasteiger partial charge in [-0.25, -0.2) is 4.98 Å². The highest BCUT2D eigenvalue weighted by Gasteiger charge is 2.22. The minimum absolute atomic E-state index is 0.0121. The Balaban J connectivity index is 2.35. The first-order valence-electron chi connectivity index (χ1n) is 7.71. The monoisotopic (exact) mass is 360 g/mol. The number of nitrogens with zero attached hydrogens (tertiary/aromatic N) is 5. The summed E-state index contributed by atoms with van der Waals surface area (Å²) in [7, 11) is 0. The summed E-state index contributed by atoms with van der Waals surface area (Å²) in [5.74, 6) is 0.342. The SMILES string of the molecule is CCCCN(CC#N)c1nc(Nc2ccc(Cl)cc2)ncc1[N+](=O)[O-]. The third-order valence-electron chi connectivity index (χ3n) is 3.39. The number of hydrogen-bond acceptors (Lipinski definition) is 7. The van der Waals surface area contributed by atoms with Crippen molar-refractivity contribution in [3.8, 4) is 6.07 Å². The fourth-order valence-electron chi connectivity index (χ4n) is 2.14. The number of hydrogen-bond donors (Lipinski definition) is 1. The Morgan fingerprint density at radius 3 is 2.72 bits per heavy atom. The first kappa shape index (κ1) is 18.4. The van der Waals surface area contributed by atoms with Gasteiger partial charge in [0.1, 0.15) is 12.7 Å². The van der Waals surface area contributed by atoms with Crippen molar-refractivity contribution >= 4 is 34.7 Å². The Bertz CT molecular complexity index is 775. The predicted molar refractivity (Wildman–Crippen MR) is 96.2 cm³/mol. The predicted octanol–water partition coefficient (Wildman–Crippen LogP) is 3.91. The van der Waals surface area contributed by atoms with E-state index < -0.39 is 4.92 Å². The molecule has 0 saturated heterocycles. The highest BCUT2D eigenvalue weighted by atomic mass is 35.5. The third kappa shape index (κ3) is 5.02. The fourth-order valence-corrected chi connectivity index (χ4v) is 2.27. The Kier molecular flexibility index (Phi) is 6.48. The number of unbranched alkanes of at least 4 members (excludes halogenated alkanes) is 1. The molecule has 2 aromatic rings. The summed E-state index contributed by atoms with van der Waals surface area (Å²) in [5, 5.41) is 23.9. The lowest BCUT2D eigenvalue weighted by atomic mass is 10.3. The number of nitriles is 1. The van der Waals surface area contributed by atoms with Crippen LogP contribution < -0.4 is 10.2 Å². The Hall–Kier alpha value is -2.92. The number of rotatable bonds is 8. The van der Waals surface area contributed by atoms with Gasteiger partial charge in [-0.2, -0.15) is 10.2 Å². The first-order chi connectivity index (χ1) is 12.0. The molecule has 1 aromatic carbocycles. The summed E-state index contributed by atoms with van der Waals surface area (Å²) < 4.78 is 0. The van der Waals surface area contributed by atoms with Crippen molar-refractivity contribution in [2.24, 2.45) is 0 Å². The molecule has 0 aliphatic carbocycles. The normalized spacial score (nSPS) is 10.1. The van der Waals surface area contributed by atoms with Gasteiger partial charge in [0.2, 0.25) is 11.8 Å². The summed E-state index contributed by atoms with van der Waals surface area (Å²) >= 11 is 5.85. The maximum atomic E-state index is 11.3. The van der Waals surface area contributed by atoms with E-state index in [9.17, 15) is 10.1 Å². The average molecular weight is 361 g/mol. The minimum atomic E-state index is -0.544. The van der Waals surface area contributed by atoms with Crippen molar-refractivity contribution in [1.29, 1.82) is 5.26 Å². The summed E-state index contributed by atoms with van der Waals surface area (Å²) in [4.78, 5) is 20.6. The molecule has 0 saturated carbocycles. The summed E-state index contributed by atoms with van der Waals surface area (Å²) in [6, 6.07) is 8.93. The van der Waals surface area contributed by atoms with E-state index in [4.69, 9.17) is 16.9 Å². The molecule has 1 N–H and O–H groups in total. The maximum Gasteiger partial charge on any atom is 0.329 e. The van der Waals surface area contributed by atoms with E-state index in [1.807, 2.05) is 13.0 Å². The largest absolute Gasteiger partial charge is 0.337 e. The first-order valence-corrected chi connectivity index (χ1v) is 8.09. The van der Waals surface area contributed by atoms with Crippen LogP contribution in [0.25, 0.3) is 0 Å². The van der Waals surface area contributed by atoms with Crippen LogP contribution in [-0.4, -0.2) is 28.0 Å². The second kappa shape index (κ2) is 8.80. The van der Waals surface area contributed by atoms with Crippen LogP contribution in [0.15, 0.2) is 30.5 Å². The maximum absolute atomic E-state index is 11.3. The second-order valence-electron chi connectivity index (χ2n) is 5.22. The van der Waals surface area contributed by atoms with Crippen LogP contribution in [0, 0.1) is 21.4 Å². The van der Waals surface area contributed by atoms with E-state index in [-0.39, 0.29) is 24.0 Å². The van der Waals surface area contributed by atoms with Gasteiger partial charge in [-0.3, -0.25) is 10.1 Å². The van der Waals surface area contributed by atoms with E-state index in [0.29, 0.717) is 17.3 Å². The molecule has 25 heavy (non-hydrogen) atoms. The van der Waals surface area contributed by atoms with Gasteiger partial charge in [-0.1, -0.05) is 24.9 Å². The van der Waals surface area contributed by atoms with Crippen molar-refractivity contribution in [1.82, 2.24) is 9.97 Å². The van der Waals surface area contributed by atoms with E-state index >= 15 is 0 Å². The molecule has 0 atom stereocenters. The molecule has 0 aliphatic rings. The summed E-state index contributed by atoms with van der Waals surface area (Å²) in [6.45, 7) is 2.52. The van der Waals surface area contributed by atoms with Gasteiger partial charge in [0.15, 0.2) is 0 Å². The third-order valence-corrected chi connectivity index (χ3v) is 3.64. The lowest BCUT2D eigenvalue weighted by molar-refractivity contribution is -0.384. The Labute approximate surface area is 150 Å². The number of benzene rings is 1. The summed E-state index contributed by atoms with van der Waals surface area (Å²) in [6.07, 6.45) is 2.84. The van der Waals surface area contributed by atoms with Gasteiger partial charge in [-0.05, 0) is 30.7 Å². The van der Waals surface area contributed by atoms with Gasteiger partial charge in [0.05, 0.1) is 11.0 Å². The van der Waals surface area contributed by atoms with Crippen molar-refractivity contribution in [3.63, 3.8) is 0 Å². The smallest absolute Gasteiger partial charge is 0.329 e. The highest BCUT2D eigenvalue weighted by Crippen LogP contribution is 2.27. The van der Waals surface area contributed by atoms with Gasteiger partial charge in [-0.15, -0.1) is 0 Å². The van der Waals surface area contributed by atoms with E-state index in [1.54, 1.807) is 29.2 Å². The molecule has 1 heterocycles. The number of nitro groups is 1. The van der Waals surface area contributed by atoms with Crippen LogP contribution in [0.3, 0.4) is 0 Å². The fraction of sp³-hybridized carbons (Fsp3) is 0.312.